The van der Waals surface area contributed by atoms with E-state index in [2.05, 4.69) is 157 Å². The lowest BCUT2D eigenvalue weighted by atomic mass is 10.1. The molecule has 0 N–H and O–H groups in total. The van der Waals surface area contributed by atoms with Crippen molar-refractivity contribution in [3.8, 4) is 0 Å². The molecule has 0 spiro atoms. The summed E-state index contributed by atoms with van der Waals surface area (Å²) in [7, 11) is 0. The minimum Gasteiger partial charge on any atom is -0.311 e. The van der Waals surface area contributed by atoms with Crippen LogP contribution in [-0.2, 0) is 0 Å². The van der Waals surface area contributed by atoms with Gasteiger partial charge in [0.15, 0.2) is 0 Å². The Morgan fingerprint density at radius 1 is 0.361 bits per heavy atom. The summed E-state index contributed by atoms with van der Waals surface area (Å²) in [5.41, 5.74) is 9.46. The van der Waals surface area contributed by atoms with Crippen LogP contribution in [0.5, 0.6) is 0 Å². The normalized spacial score (nSPS) is 11.2. The van der Waals surface area contributed by atoms with Crippen LogP contribution in [0.2, 0.25) is 0 Å². The lowest BCUT2D eigenvalue weighted by molar-refractivity contribution is 1.28. The zero-order valence-corrected chi connectivity index (χ0v) is 20.5. The van der Waals surface area contributed by atoms with Gasteiger partial charge in [-0.25, -0.2) is 0 Å². The van der Waals surface area contributed by atoms with E-state index in [0.29, 0.717) is 0 Å². The molecule has 0 bridgehead atoms. The number of nitrogens with zero attached hydrogens (tertiary/aromatic N) is 1. The van der Waals surface area contributed by atoms with Gasteiger partial charge in [-0.2, -0.15) is 0 Å². The van der Waals surface area contributed by atoms with E-state index in [9.17, 15) is 0 Å². The van der Waals surface area contributed by atoms with Crippen LogP contribution in [0.15, 0.2) is 133 Å². The molecule has 0 radical (unpaired) electrons. The fourth-order valence-electron chi connectivity index (χ4n) is 4.12. The van der Waals surface area contributed by atoms with Gasteiger partial charge in [0.05, 0.1) is 0 Å². The van der Waals surface area contributed by atoms with Crippen LogP contribution in [-0.4, -0.2) is 0 Å². The molecule has 0 saturated heterocycles. The number of anilines is 3. The maximum absolute atomic E-state index is 2.27. The van der Waals surface area contributed by atoms with Gasteiger partial charge in [-0.1, -0.05) is 127 Å². The molecule has 0 heterocycles. The van der Waals surface area contributed by atoms with E-state index in [4.69, 9.17) is 0 Å². The van der Waals surface area contributed by atoms with Gasteiger partial charge in [0.1, 0.15) is 0 Å². The standard InChI is InChI=1S/C35H29N/c1-28-12-14-29(15-13-28)16-17-30-18-20-31(21-19-30)22-23-32-24-26-35(27-25-32)36(33-8-4-2-5-9-33)34-10-6-3-7-11-34/h2-27H,1H3/b17-16+,23-22+. The second-order valence-corrected chi connectivity index (χ2v) is 8.84. The summed E-state index contributed by atoms with van der Waals surface area (Å²) in [6, 6.07) is 46.9. The Labute approximate surface area is 214 Å². The third-order valence-corrected chi connectivity index (χ3v) is 6.13. The Bertz CT molecular complexity index is 1390. The first-order valence-electron chi connectivity index (χ1n) is 12.3. The highest BCUT2D eigenvalue weighted by atomic mass is 15.1. The van der Waals surface area contributed by atoms with E-state index in [1.165, 1.54) is 27.8 Å². The molecule has 174 valence electrons. The quantitative estimate of drug-likeness (QED) is 0.217. The molecule has 1 heteroatoms. The minimum absolute atomic E-state index is 1.13. The van der Waals surface area contributed by atoms with Crippen LogP contribution < -0.4 is 4.90 Å². The topological polar surface area (TPSA) is 3.24 Å². The Morgan fingerprint density at radius 2 is 0.667 bits per heavy atom. The third-order valence-electron chi connectivity index (χ3n) is 6.13. The first-order chi connectivity index (χ1) is 17.7. The zero-order chi connectivity index (χ0) is 24.6. The summed E-state index contributed by atoms with van der Waals surface area (Å²) in [5, 5.41) is 0. The molecule has 5 aromatic carbocycles. The second-order valence-electron chi connectivity index (χ2n) is 8.84. The third kappa shape index (κ3) is 5.89. The van der Waals surface area contributed by atoms with Gasteiger partial charge < -0.3 is 4.90 Å². The predicted molar refractivity (Wildman–Crippen MR) is 157 cm³/mol. The van der Waals surface area contributed by atoms with E-state index in [-0.39, 0.29) is 0 Å². The SMILES string of the molecule is Cc1ccc(/C=C/c2ccc(/C=C/c3ccc(N(c4ccccc4)c4ccccc4)cc3)cc2)cc1. The number of benzene rings is 5. The van der Waals surface area contributed by atoms with Crippen molar-refractivity contribution < 1.29 is 0 Å². The van der Waals surface area contributed by atoms with Crippen molar-refractivity contribution in [2.24, 2.45) is 0 Å². The average molecular weight is 464 g/mol. The molecule has 36 heavy (non-hydrogen) atoms. The van der Waals surface area contributed by atoms with Crippen LogP contribution >= 0.6 is 0 Å². The van der Waals surface area contributed by atoms with Crippen LogP contribution in [0.3, 0.4) is 0 Å². The van der Waals surface area contributed by atoms with Gasteiger partial charge in [0.25, 0.3) is 0 Å². The molecule has 0 amide bonds. The van der Waals surface area contributed by atoms with Gasteiger partial charge in [-0.05, 0) is 65.6 Å². The van der Waals surface area contributed by atoms with Crippen molar-refractivity contribution in [1.29, 1.82) is 0 Å². The number of aryl methyl sites for hydroxylation is 1. The molecule has 0 saturated carbocycles. The zero-order valence-electron chi connectivity index (χ0n) is 20.5. The summed E-state index contributed by atoms with van der Waals surface area (Å²) in [6.07, 6.45) is 8.63. The van der Waals surface area contributed by atoms with Crippen molar-refractivity contribution in [2.45, 2.75) is 6.92 Å². The van der Waals surface area contributed by atoms with Gasteiger partial charge in [0, 0.05) is 17.1 Å². The van der Waals surface area contributed by atoms with Crippen LogP contribution in [0.1, 0.15) is 27.8 Å². The molecule has 5 aromatic rings. The van der Waals surface area contributed by atoms with Gasteiger partial charge in [-0.15, -0.1) is 0 Å². The van der Waals surface area contributed by atoms with E-state index < -0.39 is 0 Å². The molecule has 0 aliphatic rings. The highest BCUT2D eigenvalue weighted by Gasteiger charge is 2.11. The summed E-state index contributed by atoms with van der Waals surface area (Å²) < 4.78 is 0. The largest absolute Gasteiger partial charge is 0.311 e. The van der Waals surface area contributed by atoms with E-state index in [1.54, 1.807) is 0 Å². The molecule has 0 unspecified atom stereocenters. The minimum atomic E-state index is 1.13. The predicted octanol–water partition coefficient (Wildman–Crippen LogP) is 9.81. The van der Waals surface area contributed by atoms with E-state index >= 15 is 0 Å². The van der Waals surface area contributed by atoms with Crippen LogP contribution in [0, 0.1) is 6.92 Å². The highest BCUT2D eigenvalue weighted by molar-refractivity contribution is 5.78. The first kappa shape index (κ1) is 23.1. The first-order valence-corrected chi connectivity index (χ1v) is 12.3. The summed E-state index contributed by atoms with van der Waals surface area (Å²) in [4.78, 5) is 2.27. The van der Waals surface area contributed by atoms with Crippen molar-refractivity contribution in [3.05, 3.63) is 161 Å². The molecule has 0 aliphatic carbocycles. The highest BCUT2D eigenvalue weighted by Crippen LogP contribution is 2.34. The van der Waals surface area contributed by atoms with Crippen LogP contribution in [0.4, 0.5) is 17.1 Å². The fraction of sp³-hybridized carbons (Fsp3) is 0.0286. The summed E-state index contributed by atoms with van der Waals surface area (Å²) >= 11 is 0. The monoisotopic (exact) mass is 463 g/mol. The lowest BCUT2D eigenvalue weighted by Crippen LogP contribution is -2.09. The number of hydrogen-bond acceptors (Lipinski definition) is 1. The molecule has 0 aliphatic heterocycles. The molecular formula is C35H29N. The smallest absolute Gasteiger partial charge is 0.0462 e. The Kier molecular flexibility index (Phi) is 7.20. The fourth-order valence-corrected chi connectivity index (χ4v) is 4.12. The number of rotatable bonds is 7. The molecule has 0 atom stereocenters. The average Bonchev–Trinajstić information content (AvgIpc) is 2.94. The van der Waals surface area contributed by atoms with Crippen molar-refractivity contribution in [3.63, 3.8) is 0 Å². The summed E-state index contributed by atoms with van der Waals surface area (Å²) in [5.74, 6) is 0. The van der Waals surface area contributed by atoms with Gasteiger partial charge >= 0.3 is 0 Å². The Hall–Kier alpha value is -4.62. The van der Waals surface area contributed by atoms with Crippen LogP contribution in [0.25, 0.3) is 24.3 Å². The van der Waals surface area contributed by atoms with Crippen molar-refractivity contribution >= 4 is 41.4 Å². The maximum Gasteiger partial charge on any atom is 0.0462 e. The van der Waals surface area contributed by atoms with Crippen molar-refractivity contribution in [2.75, 3.05) is 4.90 Å². The molecule has 1 nitrogen and oxygen atoms in total. The van der Waals surface area contributed by atoms with Crippen molar-refractivity contribution in [1.82, 2.24) is 0 Å². The Morgan fingerprint density at radius 3 is 1.06 bits per heavy atom. The van der Waals surface area contributed by atoms with Gasteiger partial charge in [0.2, 0.25) is 0 Å². The molecule has 0 fully saturated rings. The second kappa shape index (κ2) is 11.2. The van der Waals surface area contributed by atoms with E-state index in [0.717, 1.165) is 17.1 Å². The summed E-state index contributed by atoms with van der Waals surface area (Å²) in [6.45, 7) is 2.11. The van der Waals surface area contributed by atoms with Gasteiger partial charge in [-0.3, -0.25) is 0 Å². The lowest BCUT2D eigenvalue weighted by Gasteiger charge is -2.25. The maximum atomic E-state index is 2.27. The molecule has 5 rings (SSSR count). The molecular weight excluding hydrogens is 434 g/mol. The Balaban J connectivity index is 1.29. The number of hydrogen-bond donors (Lipinski definition) is 0. The van der Waals surface area contributed by atoms with E-state index in [1.807, 2.05) is 12.1 Å². The molecule has 0 aromatic heterocycles. The number of para-hydroxylation sites is 2.